The number of likely N-dealkylation sites (N-methyl/N-ethyl adjacent to an activating group) is 1. The molecule has 0 aliphatic heterocycles. The van der Waals surface area contributed by atoms with Crippen molar-refractivity contribution < 1.29 is 18.0 Å². The van der Waals surface area contributed by atoms with Crippen LogP contribution in [0.4, 0.5) is 13.2 Å². The average molecular weight is 320 g/mol. The van der Waals surface area contributed by atoms with Crippen LogP contribution in [0.3, 0.4) is 0 Å². The predicted molar refractivity (Wildman–Crippen MR) is 78.2 cm³/mol. The molecule has 21 heavy (non-hydrogen) atoms. The van der Waals surface area contributed by atoms with Crippen molar-refractivity contribution in [3.63, 3.8) is 0 Å². The highest BCUT2D eigenvalue weighted by Crippen LogP contribution is 2.16. The van der Waals surface area contributed by atoms with E-state index in [4.69, 9.17) is 0 Å². The molecule has 7 heteroatoms. The lowest BCUT2D eigenvalue weighted by molar-refractivity contribution is -0.141. The molecule has 0 saturated heterocycles. The van der Waals surface area contributed by atoms with Gasteiger partial charge in [-0.15, -0.1) is 11.8 Å². The Morgan fingerprint density at radius 2 is 1.90 bits per heavy atom. The number of carbonyl (C=O) groups excluding carboxylic acids is 1. The van der Waals surface area contributed by atoms with E-state index >= 15 is 0 Å². The second kappa shape index (κ2) is 7.70. The van der Waals surface area contributed by atoms with Gasteiger partial charge in [-0.2, -0.15) is 13.2 Å². The number of alkyl halides is 3. The zero-order chi connectivity index (χ0) is 16.0. The Balaban J connectivity index is 2.52. The molecule has 0 heterocycles. The SMILES string of the molecule is CSc1ccc(CN(C)C(C)C(=O)NCC(F)(F)F)cc1. The zero-order valence-corrected chi connectivity index (χ0v) is 13.0. The summed E-state index contributed by atoms with van der Waals surface area (Å²) in [6, 6.07) is 7.21. The third kappa shape index (κ3) is 6.39. The van der Waals surface area contributed by atoms with Gasteiger partial charge in [0, 0.05) is 11.4 Å². The first kappa shape index (κ1) is 17.8. The van der Waals surface area contributed by atoms with Gasteiger partial charge < -0.3 is 5.32 Å². The molecule has 1 atom stereocenters. The minimum absolute atomic E-state index is 0.495. The molecule has 1 unspecified atom stereocenters. The second-order valence-corrected chi connectivity index (χ2v) is 5.65. The molecule has 1 aromatic carbocycles. The number of carbonyl (C=O) groups is 1. The minimum atomic E-state index is -4.39. The lowest BCUT2D eigenvalue weighted by Gasteiger charge is -2.24. The van der Waals surface area contributed by atoms with Crippen LogP contribution in [0, 0.1) is 0 Å². The lowest BCUT2D eigenvalue weighted by atomic mass is 10.2. The molecule has 1 aromatic rings. The summed E-state index contributed by atoms with van der Waals surface area (Å²) in [5.74, 6) is -0.629. The maximum Gasteiger partial charge on any atom is 0.405 e. The molecule has 1 N–H and O–H groups in total. The average Bonchev–Trinajstić information content (AvgIpc) is 2.43. The van der Waals surface area contributed by atoms with E-state index in [1.165, 1.54) is 0 Å². The van der Waals surface area contributed by atoms with Gasteiger partial charge in [0.25, 0.3) is 0 Å². The fourth-order valence-electron chi connectivity index (χ4n) is 1.69. The Hall–Kier alpha value is -1.21. The Bertz CT molecular complexity index is 462. The van der Waals surface area contributed by atoms with Crippen LogP contribution < -0.4 is 5.32 Å². The van der Waals surface area contributed by atoms with Crippen molar-refractivity contribution in [2.45, 2.75) is 30.6 Å². The number of rotatable bonds is 6. The highest BCUT2D eigenvalue weighted by atomic mass is 32.2. The summed E-state index contributed by atoms with van der Waals surface area (Å²) in [6.07, 6.45) is -2.41. The van der Waals surface area contributed by atoms with E-state index < -0.39 is 24.7 Å². The highest BCUT2D eigenvalue weighted by molar-refractivity contribution is 7.98. The largest absolute Gasteiger partial charge is 0.405 e. The molecule has 0 aliphatic carbocycles. The van der Waals surface area contributed by atoms with E-state index in [0.717, 1.165) is 10.5 Å². The van der Waals surface area contributed by atoms with Gasteiger partial charge in [0.2, 0.25) is 5.91 Å². The molecule has 0 spiro atoms. The van der Waals surface area contributed by atoms with Crippen LogP contribution in [0.2, 0.25) is 0 Å². The van der Waals surface area contributed by atoms with Crippen molar-refractivity contribution in [3.05, 3.63) is 29.8 Å². The second-order valence-electron chi connectivity index (χ2n) is 4.77. The summed E-state index contributed by atoms with van der Waals surface area (Å²) in [5, 5.41) is 1.90. The van der Waals surface area contributed by atoms with Crippen molar-refractivity contribution in [2.24, 2.45) is 0 Å². The number of nitrogens with zero attached hydrogens (tertiary/aromatic N) is 1. The summed E-state index contributed by atoms with van der Waals surface area (Å²) in [7, 11) is 1.71. The van der Waals surface area contributed by atoms with E-state index in [0.29, 0.717) is 6.54 Å². The van der Waals surface area contributed by atoms with Gasteiger partial charge in [0.15, 0.2) is 0 Å². The van der Waals surface area contributed by atoms with Crippen LogP contribution in [0.5, 0.6) is 0 Å². The van der Waals surface area contributed by atoms with Crippen molar-refractivity contribution in [1.29, 1.82) is 0 Å². The molecule has 1 rings (SSSR count). The van der Waals surface area contributed by atoms with Gasteiger partial charge in [-0.05, 0) is 37.9 Å². The molecular weight excluding hydrogens is 301 g/mol. The Morgan fingerprint density at radius 1 is 1.33 bits per heavy atom. The maximum atomic E-state index is 12.1. The number of thioether (sulfide) groups is 1. The molecule has 0 fully saturated rings. The monoisotopic (exact) mass is 320 g/mol. The van der Waals surface area contributed by atoms with Crippen LogP contribution in [0.1, 0.15) is 12.5 Å². The van der Waals surface area contributed by atoms with Crippen LogP contribution in [0.15, 0.2) is 29.2 Å². The zero-order valence-electron chi connectivity index (χ0n) is 12.2. The molecular formula is C14H19F3N2OS. The molecule has 0 radical (unpaired) electrons. The fourth-order valence-corrected chi connectivity index (χ4v) is 2.10. The maximum absolute atomic E-state index is 12.1. The standard InChI is InChI=1S/C14H19F3N2OS/c1-10(13(20)18-9-14(15,16)17)19(2)8-11-4-6-12(21-3)7-5-11/h4-7,10H,8-9H2,1-3H3,(H,18,20). The summed E-state index contributed by atoms with van der Waals surface area (Å²) < 4.78 is 36.2. The third-order valence-electron chi connectivity index (χ3n) is 3.09. The first-order valence-electron chi connectivity index (χ1n) is 6.40. The van der Waals surface area contributed by atoms with Gasteiger partial charge in [-0.3, -0.25) is 9.69 Å². The number of hydrogen-bond donors (Lipinski definition) is 1. The lowest BCUT2D eigenvalue weighted by Crippen LogP contribution is -2.45. The van der Waals surface area contributed by atoms with Crippen LogP contribution >= 0.6 is 11.8 Å². The Labute approximate surface area is 126 Å². The summed E-state index contributed by atoms with van der Waals surface area (Å²) in [6.45, 7) is 0.781. The van der Waals surface area contributed by atoms with Crippen LogP contribution in [0.25, 0.3) is 0 Å². The van der Waals surface area contributed by atoms with Crippen molar-refractivity contribution >= 4 is 17.7 Å². The number of amides is 1. The molecule has 3 nitrogen and oxygen atoms in total. The molecule has 0 aromatic heterocycles. The van der Waals surface area contributed by atoms with Gasteiger partial charge >= 0.3 is 6.18 Å². The third-order valence-corrected chi connectivity index (χ3v) is 3.84. The van der Waals surface area contributed by atoms with E-state index in [1.54, 1.807) is 30.6 Å². The van der Waals surface area contributed by atoms with Crippen molar-refractivity contribution in [3.8, 4) is 0 Å². The highest BCUT2D eigenvalue weighted by Gasteiger charge is 2.29. The van der Waals surface area contributed by atoms with Gasteiger partial charge in [0.1, 0.15) is 6.54 Å². The van der Waals surface area contributed by atoms with Crippen molar-refractivity contribution in [1.82, 2.24) is 10.2 Å². The molecule has 118 valence electrons. The predicted octanol–water partition coefficient (Wildman–Crippen LogP) is 2.91. The van der Waals surface area contributed by atoms with E-state index in [1.807, 2.05) is 35.8 Å². The number of benzene rings is 1. The van der Waals surface area contributed by atoms with E-state index in [-0.39, 0.29) is 0 Å². The van der Waals surface area contributed by atoms with Gasteiger partial charge in [-0.1, -0.05) is 12.1 Å². The normalized spacial score (nSPS) is 13.3. The van der Waals surface area contributed by atoms with Gasteiger partial charge in [0.05, 0.1) is 6.04 Å². The minimum Gasteiger partial charge on any atom is -0.346 e. The summed E-state index contributed by atoms with van der Waals surface area (Å²) in [4.78, 5) is 14.5. The Kier molecular flexibility index (Phi) is 6.54. The molecule has 0 saturated carbocycles. The topological polar surface area (TPSA) is 32.3 Å². The molecule has 0 bridgehead atoms. The first-order chi connectivity index (χ1) is 9.73. The molecule has 0 aliphatic rings. The van der Waals surface area contributed by atoms with Crippen LogP contribution in [-0.2, 0) is 11.3 Å². The number of nitrogens with one attached hydrogen (secondary N) is 1. The number of halogens is 3. The van der Waals surface area contributed by atoms with E-state index in [2.05, 4.69) is 0 Å². The van der Waals surface area contributed by atoms with E-state index in [9.17, 15) is 18.0 Å². The smallest absolute Gasteiger partial charge is 0.346 e. The molecule has 1 amide bonds. The summed E-state index contributed by atoms with van der Waals surface area (Å²) >= 11 is 1.63. The fraction of sp³-hybridized carbons (Fsp3) is 0.500. The first-order valence-corrected chi connectivity index (χ1v) is 7.63. The quantitative estimate of drug-likeness (QED) is 0.818. The van der Waals surface area contributed by atoms with Crippen LogP contribution in [-0.4, -0.2) is 42.9 Å². The number of hydrogen-bond acceptors (Lipinski definition) is 3. The Morgan fingerprint density at radius 3 is 2.38 bits per heavy atom. The van der Waals surface area contributed by atoms with Crippen molar-refractivity contribution in [2.75, 3.05) is 19.8 Å². The summed E-state index contributed by atoms with van der Waals surface area (Å²) in [5.41, 5.74) is 1.01. The van der Waals surface area contributed by atoms with Gasteiger partial charge in [-0.25, -0.2) is 0 Å².